The number of carbonyl (C=O) groups excluding carboxylic acids is 1. The zero-order valence-corrected chi connectivity index (χ0v) is 22.8. The van der Waals surface area contributed by atoms with Gasteiger partial charge in [-0.15, -0.1) is 0 Å². The average Bonchev–Trinajstić information content (AvgIpc) is 3.58. The minimum atomic E-state index is -0.384. The number of morpholine rings is 1. The van der Waals surface area contributed by atoms with Gasteiger partial charge in [0, 0.05) is 43.0 Å². The number of ether oxygens (including phenoxy) is 2. The molecule has 10 heteroatoms. The normalized spacial score (nSPS) is 29.4. The number of thiazole rings is 1. The number of benzene rings is 1. The van der Waals surface area contributed by atoms with Crippen LogP contribution in [0.25, 0.3) is 21.3 Å². The maximum Gasteiger partial charge on any atom is 0.229 e. The van der Waals surface area contributed by atoms with Gasteiger partial charge >= 0.3 is 0 Å². The Morgan fingerprint density at radius 3 is 2.77 bits per heavy atom. The quantitative estimate of drug-likeness (QED) is 0.434. The lowest BCUT2D eigenvalue weighted by Gasteiger charge is -2.45. The van der Waals surface area contributed by atoms with E-state index in [0.29, 0.717) is 29.7 Å². The van der Waals surface area contributed by atoms with Gasteiger partial charge in [-0.3, -0.25) is 9.69 Å². The Morgan fingerprint density at radius 2 is 2.00 bits per heavy atom. The zero-order chi connectivity index (χ0) is 26.3. The van der Waals surface area contributed by atoms with Crippen LogP contribution in [0.15, 0.2) is 30.6 Å². The number of carbonyl (C=O) groups is 1. The lowest BCUT2D eigenvalue weighted by atomic mass is 9.78. The van der Waals surface area contributed by atoms with Crippen molar-refractivity contribution in [3.8, 4) is 11.1 Å². The molecule has 1 aromatic carbocycles. The van der Waals surface area contributed by atoms with Crippen molar-refractivity contribution < 1.29 is 19.4 Å². The molecule has 3 heterocycles. The lowest BCUT2D eigenvalue weighted by molar-refractivity contribution is -0.127. The number of anilines is 1. The summed E-state index contributed by atoms with van der Waals surface area (Å²) in [6.07, 6.45) is 10.6. The molecule has 0 bridgehead atoms. The first-order chi connectivity index (χ1) is 19.1. The maximum atomic E-state index is 12.9. The van der Waals surface area contributed by atoms with Crippen molar-refractivity contribution in [2.75, 3.05) is 25.0 Å². The van der Waals surface area contributed by atoms with Gasteiger partial charge in [-0.25, -0.2) is 15.0 Å². The highest BCUT2D eigenvalue weighted by Gasteiger charge is 2.42. The Balaban J connectivity index is 0.934. The standard InChI is InChI=1S/C29H35N5O4S/c35-23-2-1-3-24(23)38-16-27-30-13-20(14-31-27)18-6-7-22-26(12-18)39-29(32-22)33-28(36)19-10-21(11-19)34-8-9-37-25(15-34)17-4-5-17/h6-7,12-14,17,19,21,23-25,35H,1-5,8-11,15-16H2,(H,32,33,36)/t19?,21?,23-,24-,25?/m0/s1. The van der Waals surface area contributed by atoms with Crippen molar-refractivity contribution in [3.63, 3.8) is 0 Å². The number of amides is 1. The van der Waals surface area contributed by atoms with Crippen molar-refractivity contribution in [2.45, 2.75) is 75.9 Å². The monoisotopic (exact) mass is 549 g/mol. The van der Waals surface area contributed by atoms with Gasteiger partial charge in [-0.1, -0.05) is 17.4 Å². The molecule has 1 saturated heterocycles. The van der Waals surface area contributed by atoms with Crippen LogP contribution in [0, 0.1) is 11.8 Å². The molecule has 7 rings (SSSR count). The highest BCUT2D eigenvalue weighted by Crippen LogP contribution is 2.39. The van der Waals surface area contributed by atoms with Gasteiger partial charge in [0.2, 0.25) is 5.91 Å². The molecular weight excluding hydrogens is 514 g/mol. The highest BCUT2D eigenvalue weighted by atomic mass is 32.1. The predicted octanol–water partition coefficient (Wildman–Crippen LogP) is 4.01. The molecule has 1 unspecified atom stereocenters. The predicted molar refractivity (Wildman–Crippen MR) is 148 cm³/mol. The molecule has 39 heavy (non-hydrogen) atoms. The molecule has 3 saturated carbocycles. The Morgan fingerprint density at radius 1 is 1.15 bits per heavy atom. The minimum Gasteiger partial charge on any atom is -0.390 e. The van der Waals surface area contributed by atoms with Crippen molar-refractivity contribution in [2.24, 2.45) is 11.8 Å². The third-order valence-electron chi connectivity index (χ3n) is 8.77. The summed E-state index contributed by atoms with van der Waals surface area (Å²) in [5.41, 5.74) is 2.78. The summed E-state index contributed by atoms with van der Waals surface area (Å²) >= 11 is 1.50. The van der Waals surface area contributed by atoms with E-state index in [4.69, 9.17) is 9.47 Å². The van der Waals surface area contributed by atoms with Gasteiger partial charge in [-0.2, -0.15) is 0 Å². The molecule has 4 fully saturated rings. The third kappa shape index (κ3) is 5.58. The molecule has 1 aliphatic heterocycles. The van der Waals surface area contributed by atoms with Crippen LogP contribution in [0.3, 0.4) is 0 Å². The van der Waals surface area contributed by atoms with Gasteiger partial charge in [0.25, 0.3) is 0 Å². The number of nitrogens with zero attached hydrogens (tertiary/aromatic N) is 4. The number of hydrogen-bond acceptors (Lipinski definition) is 9. The summed E-state index contributed by atoms with van der Waals surface area (Å²) in [5, 5.41) is 13.6. The second-order valence-electron chi connectivity index (χ2n) is 11.5. The molecule has 4 aliphatic rings. The molecule has 3 atom stereocenters. The lowest BCUT2D eigenvalue weighted by Crippen LogP contribution is -2.54. The van der Waals surface area contributed by atoms with Crippen LogP contribution in [-0.4, -0.2) is 74.9 Å². The van der Waals surface area contributed by atoms with Crippen molar-refractivity contribution >= 4 is 32.6 Å². The summed E-state index contributed by atoms with van der Waals surface area (Å²) in [6, 6.07) is 6.55. The summed E-state index contributed by atoms with van der Waals surface area (Å²) in [4.78, 5) is 29.0. The van der Waals surface area contributed by atoms with E-state index in [2.05, 4.69) is 31.2 Å². The summed E-state index contributed by atoms with van der Waals surface area (Å²) in [5.74, 6) is 1.50. The largest absolute Gasteiger partial charge is 0.390 e. The minimum absolute atomic E-state index is 0.0522. The van der Waals surface area contributed by atoms with E-state index >= 15 is 0 Å². The molecule has 3 aliphatic carbocycles. The molecule has 2 N–H and O–H groups in total. The van der Waals surface area contributed by atoms with Gasteiger partial charge < -0.3 is 19.9 Å². The molecule has 1 amide bonds. The zero-order valence-electron chi connectivity index (χ0n) is 22.0. The van der Waals surface area contributed by atoms with Crippen molar-refractivity contribution in [3.05, 3.63) is 36.4 Å². The van der Waals surface area contributed by atoms with Crippen molar-refractivity contribution in [1.82, 2.24) is 19.9 Å². The Hall–Kier alpha value is -2.50. The number of aliphatic hydroxyl groups is 1. The fourth-order valence-electron chi connectivity index (χ4n) is 6.11. The molecule has 206 valence electrons. The Labute approximate surface area is 232 Å². The fraction of sp³-hybridized carbons (Fsp3) is 0.586. The first-order valence-corrected chi connectivity index (χ1v) is 15.1. The van der Waals surface area contributed by atoms with Crippen molar-refractivity contribution in [1.29, 1.82) is 0 Å². The van der Waals surface area contributed by atoms with E-state index in [1.54, 1.807) is 12.4 Å². The molecule has 0 radical (unpaired) electrons. The number of aliphatic hydroxyl groups excluding tert-OH is 1. The van der Waals surface area contributed by atoms with Crippen LogP contribution in [-0.2, 0) is 20.9 Å². The van der Waals surface area contributed by atoms with Gasteiger partial charge in [0.1, 0.15) is 6.61 Å². The summed E-state index contributed by atoms with van der Waals surface area (Å²) < 4.78 is 12.8. The van der Waals surface area contributed by atoms with Gasteiger partial charge in [0.05, 0.1) is 35.1 Å². The molecule has 3 aromatic rings. The third-order valence-corrected chi connectivity index (χ3v) is 9.71. The number of rotatable bonds is 8. The van der Waals surface area contributed by atoms with Gasteiger partial charge in [0.15, 0.2) is 11.0 Å². The molecular formula is C29H35N5O4S. The molecule has 9 nitrogen and oxygen atoms in total. The second-order valence-corrected chi connectivity index (χ2v) is 12.5. The average molecular weight is 550 g/mol. The van der Waals surface area contributed by atoms with Crippen LogP contribution in [0.5, 0.6) is 0 Å². The van der Waals surface area contributed by atoms with Gasteiger partial charge in [-0.05, 0) is 68.6 Å². The van der Waals surface area contributed by atoms with E-state index in [9.17, 15) is 9.90 Å². The number of fused-ring (bicyclic) bond motifs is 1. The summed E-state index contributed by atoms with van der Waals surface area (Å²) in [6.45, 7) is 3.12. The van der Waals surface area contributed by atoms with Crippen LogP contribution in [0.1, 0.15) is 50.8 Å². The highest BCUT2D eigenvalue weighted by molar-refractivity contribution is 7.22. The van der Waals surface area contributed by atoms with Crippen LogP contribution in [0.4, 0.5) is 5.13 Å². The topological polar surface area (TPSA) is 110 Å². The number of aromatic nitrogens is 3. The maximum absolute atomic E-state index is 12.9. The van der Waals surface area contributed by atoms with E-state index in [0.717, 1.165) is 79.1 Å². The van der Waals surface area contributed by atoms with E-state index in [1.807, 2.05) is 12.1 Å². The molecule has 0 spiro atoms. The summed E-state index contributed by atoms with van der Waals surface area (Å²) in [7, 11) is 0. The second kappa shape index (κ2) is 10.8. The van der Waals surface area contributed by atoms with Crippen LogP contribution < -0.4 is 5.32 Å². The fourth-order valence-corrected chi connectivity index (χ4v) is 7.02. The first kappa shape index (κ1) is 25.5. The first-order valence-electron chi connectivity index (χ1n) is 14.3. The SMILES string of the molecule is O=C(Nc1nc2ccc(-c3cnc(CO[C@H]4CCC[C@@H]4O)nc3)cc2s1)C1CC(N2CCOC(C3CC3)C2)C1. The molecule has 2 aromatic heterocycles. The number of hydrogen-bond donors (Lipinski definition) is 2. The van der Waals surface area contributed by atoms with Crippen LogP contribution >= 0.6 is 11.3 Å². The van der Waals surface area contributed by atoms with E-state index < -0.39 is 0 Å². The van der Waals surface area contributed by atoms with E-state index in [-0.39, 0.29) is 24.0 Å². The Kier molecular flexibility index (Phi) is 7.06. The Bertz CT molecular complexity index is 1320. The number of nitrogens with one attached hydrogen (secondary N) is 1. The van der Waals surface area contributed by atoms with E-state index in [1.165, 1.54) is 24.2 Å². The van der Waals surface area contributed by atoms with Crippen LogP contribution in [0.2, 0.25) is 0 Å². The smallest absolute Gasteiger partial charge is 0.229 e.